The summed E-state index contributed by atoms with van der Waals surface area (Å²) >= 11 is 0. The van der Waals surface area contributed by atoms with Gasteiger partial charge in [0.15, 0.2) is 5.82 Å². The Hall–Kier alpha value is -1.91. The van der Waals surface area contributed by atoms with Gasteiger partial charge in [-0.15, -0.1) is 10.2 Å². The molecular formula is C12H15N5. The number of rotatable bonds is 1. The standard InChI is InChI=1S/C12H15N5/c1-12(2)7-6-10-15-16-11(17(10)12)8-4-3-5-9(13)14-8/h3-5H,6-7H2,1-2H3,(H2,13,14). The van der Waals surface area contributed by atoms with Crippen LogP contribution in [0.5, 0.6) is 0 Å². The highest BCUT2D eigenvalue weighted by Gasteiger charge is 2.34. The summed E-state index contributed by atoms with van der Waals surface area (Å²) in [4.78, 5) is 4.31. The van der Waals surface area contributed by atoms with Gasteiger partial charge in [-0.2, -0.15) is 0 Å². The van der Waals surface area contributed by atoms with Crippen LogP contribution < -0.4 is 5.73 Å². The molecule has 0 atom stereocenters. The van der Waals surface area contributed by atoms with Gasteiger partial charge >= 0.3 is 0 Å². The van der Waals surface area contributed by atoms with Crippen LogP contribution >= 0.6 is 0 Å². The lowest BCUT2D eigenvalue weighted by Gasteiger charge is -2.22. The third kappa shape index (κ3) is 1.50. The maximum atomic E-state index is 5.71. The smallest absolute Gasteiger partial charge is 0.183 e. The molecule has 0 aliphatic carbocycles. The SMILES string of the molecule is CC1(C)CCc2nnc(-c3cccc(N)n3)n21. The first kappa shape index (κ1) is 10.3. The lowest BCUT2D eigenvalue weighted by molar-refractivity contribution is 0.378. The first-order valence-electron chi connectivity index (χ1n) is 5.76. The molecule has 0 unspecified atom stereocenters. The lowest BCUT2D eigenvalue weighted by Crippen LogP contribution is -2.22. The van der Waals surface area contributed by atoms with Crippen LogP contribution in [0.3, 0.4) is 0 Å². The van der Waals surface area contributed by atoms with Gasteiger partial charge in [-0.25, -0.2) is 4.98 Å². The highest BCUT2D eigenvalue weighted by molar-refractivity contribution is 5.53. The number of nitrogen functional groups attached to an aromatic ring is 1. The van der Waals surface area contributed by atoms with Gasteiger partial charge in [-0.3, -0.25) is 0 Å². The number of nitrogens with zero attached hydrogens (tertiary/aromatic N) is 4. The van der Waals surface area contributed by atoms with Gasteiger partial charge in [0.25, 0.3) is 0 Å². The predicted molar refractivity (Wildman–Crippen MR) is 65.3 cm³/mol. The minimum Gasteiger partial charge on any atom is -0.384 e. The Morgan fingerprint density at radius 3 is 2.88 bits per heavy atom. The minimum atomic E-state index is 0.0560. The second kappa shape index (κ2) is 3.29. The molecule has 0 spiro atoms. The number of aryl methyl sites for hydroxylation is 1. The number of fused-ring (bicyclic) bond motifs is 1. The van der Waals surface area contributed by atoms with E-state index in [1.807, 2.05) is 12.1 Å². The number of hydrogen-bond donors (Lipinski definition) is 1. The van der Waals surface area contributed by atoms with Crippen molar-refractivity contribution in [1.82, 2.24) is 19.7 Å². The van der Waals surface area contributed by atoms with E-state index in [9.17, 15) is 0 Å². The molecule has 2 N–H and O–H groups in total. The molecule has 17 heavy (non-hydrogen) atoms. The number of aromatic nitrogens is 4. The summed E-state index contributed by atoms with van der Waals surface area (Å²) in [5, 5.41) is 8.47. The number of hydrogen-bond acceptors (Lipinski definition) is 4. The van der Waals surface area contributed by atoms with Crippen LogP contribution in [-0.4, -0.2) is 19.7 Å². The zero-order valence-corrected chi connectivity index (χ0v) is 10.0. The minimum absolute atomic E-state index is 0.0560. The lowest BCUT2D eigenvalue weighted by atomic mass is 10.0. The Bertz CT molecular complexity index is 570. The predicted octanol–water partition coefficient (Wildman–Crippen LogP) is 1.60. The molecule has 1 aliphatic heterocycles. The van der Waals surface area contributed by atoms with E-state index >= 15 is 0 Å². The molecule has 2 aromatic rings. The van der Waals surface area contributed by atoms with Crippen LogP contribution in [0.2, 0.25) is 0 Å². The average molecular weight is 229 g/mol. The van der Waals surface area contributed by atoms with Gasteiger partial charge in [0.2, 0.25) is 0 Å². The maximum Gasteiger partial charge on any atom is 0.183 e. The van der Waals surface area contributed by atoms with E-state index in [-0.39, 0.29) is 5.54 Å². The second-order valence-electron chi connectivity index (χ2n) is 5.04. The van der Waals surface area contributed by atoms with Crippen LogP contribution in [0.15, 0.2) is 18.2 Å². The molecule has 0 bridgehead atoms. The molecular weight excluding hydrogens is 214 g/mol. The maximum absolute atomic E-state index is 5.71. The highest BCUT2D eigenvalue weighted by Crippen LogP contribution is 2.34. The summed E-state index contributed by atoms with van der Waals surface area (Å²) in [6.07, 6.45) is 2.06. The van der Waals surface area contributed by atoms with Crippen molar-refractivity contribution in [3.05, 3.63) is 24.0 Å². The highest BCUT2D eigenvalue weighted by atomic mass is 15.3. The Morgan fingerprint density at radius 2 is 2.12 bits per heavy atom. The van der Waals surface area contributed by atoms with Crippen LogP contribution in [-0.2, 0) is 12.0 Å². The summed E-state index contributed by atoms with van der Waals surface area (Å²) in [7, 11) is 0. The van der Waals surface area contributed by atoms with E-state index in [1.54, 1.807) is 6.07 Å². The van der Waals surface area contributed by atoms with Crippen LogP contribution in [0.25, 0.3) is 11.5 Å². The van der Waals surface area contributed by atoms with Crippen molar-refractivity contribution in [3.63, 3.8) is 0 Å². The summed E-state index contributed by atoms with van der Waals surface area (Å²) in [5.74, 6) is 2.36. The van der Waals surface area contributed by atoms with Crippen molar-refractivity contribution in [2.24, 2.45) is 0 Å². The van der Waals surface area contributed by atoms with E-state index in [4.69, 9.17) is 5.73 Å². The van der Waals surface area contributed by atoms with Crippen molar-refractivity contribution in [1.29, 1.82) is 0 Å². The Labute approximate surface area is 99.7 Å². The third-order valence-electron chi connectivity index (χ3n) is 3.30. The molecule has 88 valence electrons. The van der Waals surface area contributed by atoms with Gasteiger partial charge in [0, 0.05) is 12.0 Å². The molecule has 3 heterocycles. The topological polar surface area (TPSA) is 69.6 Å². The first-order valence-corrected chi connectivity index (χ1v) is 5.76. The number of pyridine rings is 1. The van der Waals surface area contributed by atoms with Gasteiger partial charge < -0.3 is 10.3 Å². The van der Waals surface area contributed by atoms with E-state index in [0.29, 0.717) is 5.82 Å². The number of nitrogens with two attached hydrogens (primary N) is 1. The van der Waals surface area contributed by atoms with Crippen LogP contribution in [0.4, 0.5) is 5.82 Å². The monoisotopic (exact) mass is 229 g/mol. The fourth-order valence-electron chi connectivity index (χ4n) is 2.39. The molecule has 3 rings (SSSR count). The summed E-state index contributed by atoms with van der Waals surface area (Å²) in [6, 6.07) is 5.58. The molecule has 0 aromatic carbocycles. The van der Waals surface area contributed by atoms with E-state index in [1.165, 1.54) is 0 Å². The van der Waals surface area contributed by atoms with Gasteiger partial charge in [-0.05, 0) is 32.4 Å². The molecule has 0 amide bonds. The molecule has 5 heteroatoms. The Kier molecular flexibility index (Phi) is 1.98. The molecule has 0 fully saturated rings. The molecule has 0 radical (unpaired) electrons. The van der Waals surface area contributed by atoms with Crippen molar-refractivity contribution in [2.75, 3.05) is 5.73 Å². The summed E-state index contributed by atoms with van der Waals surface area (Å²) < 4.78 is 2.18. The zero-order chi connectivity index (χ0) is 12.0. The summed E-state index contributed by atoms with van der Waals surface area (Å²) in [5.41, 5.74) is 6.56. The Morgan fingerprint density at radius 1 is 1.29 bits per heavy atom. The third-order valence-corrected chi connectivity index (χ3v) is 3.30. The first-order chi connectivity index (χ1) is 8.08. The zero-order valence-electron chi connectivity index (χ0n) is 10.0. The summed E-state index contributed by atoms with van der Waals surface area (Å²) in [6.45, 7) is 4.39. The largest absolute Gasteiger partial charge is 0.384 e. The molecule has 0 saturated carbocycles. The average Bonchev–Trinajstić information content (AvgIpc) is 2.81. The van der Waals surface area contributed by atoms with Crippen LogP contribution in [0.1, 0.15) is 26.1 Å². The van der Waals surface area contributed by atoms with Gasteiger partial charge in [0.05, 0.1) is 0 Å². The molecule has 0 saturated heterocycles. The fraction of sp³-hybridized carbons (Fsp3) is 0.417. The van der Waals surface area contributed by atoms with Gasteiger partial charge in [0.1, 0.15) is 17.3 Å². The van der Waals surface area contributed by atoms with E-state index < -0.39 is 0 Å². The van der Waals surface area contributed by atoms with Crippen molar-refractivity contribution in [2.45, 2.75) is 32.2 Å². The normalized spacial score (nSPS) is 17.1. The van der Waals surface area contributed by atoms with Crippen LogP contribution in [0, 0.1) is 0 Å². The van der Waals surface area contributed by atoms with Crippen molar-refractivity contribution in [3.8, 4) is 11.5 Å². The fourth-order valence-corrected chi connectivity index (χ4v) is 2.39. The molecule has 2 aromatic heterocycles. The second-order valence-corrected chi connectivity index (χ2v) is 5.04. The quantitative estimate of drug-likeness (QED) is 0.806. The van der Waals surface area contributed by atoms with E-state index in [0.717, 1.165) is 30.2 Å². The van der Waals surface area contributed by atoms with Crippen molar-refractivity contribution < 1.29 is 0 Å². The molecule has 1 aliphatic rings. The Balaban J connectivity index is 2.18. The van der Waals surface area contributed by atoms with Crippen molar-refractivity contribution >= 4 is 5.82 Å². The van der Waals surface area contributed by atoms with Gasteiger partial charge in [-0.1, -0.05) is 6.07 Å². The molecule has 5 nitrogen and oxygen atoms in total. The van der Waals surface area contributed by atoms with E-state index in [2.05, 4.69) is 33.6 Å². The number of anilines is 1.